The number of aromatic hydroxyl groups is 2. The summed E-state index contributed by atoms with van der Waals surface area (Å²) in [5.41, 5.74) is 1.39. The van der Waals surface area contributed by atoms with Crippen LogP contribution < -0.4 is 0 Å². The van der Waals surface area contributed by atoms with E-state index in [2.05, 4.69) is 6.92 Å². The van der Waals surface area contributed by atoms with Crippen LogP contribution in [0.1, 0.15) is 82.8 Å². The lowest BCUT2D eigenvalue weighted by Crippen LogP contribution is -2.40. The monoisotopic (exact) mass is 414 g/mol. The predicted molar refractivity (Wildman–Crippen MR) is 122 cm³/mol. The van der Waals surface area contributed by atoms with Crippen molar-refractivity contribution in [3.05, 3.63) is 59.7 Å². The van der Waals surface area contributed by atoms with Crippen LogP contribution in [-0.4, -0.2) is 23.4 Å². The molecule has 0 saturated carbocycles. The van der Waals surface area contributed by atoms with Crippen molar-refractivity contribution in [1.82, 2.24) is 0 Å². The lowest BCUT2D eigenvalue weighted by Gasteiger charge is -2.41. The summed E-state index contributed by atoms with van der Waals surface area (Å²) >= 11 is 0. The zero-order valence-electron chi connectivity index (χ0n) is 18.8. The SMILES string of the molecule is CCCCCCCCC(c1ccccc1O)C(OCC)(OCC)c1ccccc1O. The van der Waals surface area contributed by atoms with Gasteiger partial charge in [-0.1, -0.05) is 75.8 Å². The van der Waals surface area contributed by atoms with Crippen LogP contribution in [0, 0.1) is 0 Å². The molecule has 0 radical (unpaired) electrons. The second-order valence-electron chi connectivity index (χ2n) is 7.72. The molecule has 1 atom stereocenters. The third kappa shape index (κ3) is 5.99. The Morgan fingerprint density at radius 1 is 0.733 bits per heavy atom. The van der Waals surface area contributed by atoms with Crippen molar-refractivity contribution < 1.29 is 19.7 Å². The van der Waals surface area contributed by atoms with E-state index < -0.39 is 5.79 Å². The van der Waals surface area contributed by atoms with Crippen molar-refractivity contribution in [3.8, 4) is 11.5 Å². The van der Waals surface area contributed by atoms with Gasteiger partial charge in [-0.25, -0.2) is 0 Å². The summed E-state index contributed by atoms with van der Waals surface area (Å²) < 4.78 is 12.6. The third-order valence-electron chi connectivity index (χ3n) is 5.61. The van der Waals surface area contributed by atoms with Gasteiger partial charge < -0.3 is 19.7 Å². The Morgan fingerprint density at radius 3 is 1.90 bits per heavy atom. The van der Waals surface area contributed by atoms with Gasteiger partial charge >= 0.3 is 0 Å². The summed E-state index contributed by atoms with van der Waals surface area (Å²) in [4.78, 5) is 0. The molecule has 2 N–H and O–H groups in total. The highest BCUT2D eigenvalue weighted by Crippen LogP contribution is 2.49. The molecule has 0 saturated heterocycles. The molecule has 0 heterocycles. The molecule has 0 aromatic heterocycles. The van der Waals surface area contributed by atoms with Gasteiger partial charge in [-0.2, -0.15) is 0 Å². The fourth-order valence-corrected chi connectivity index (χ4v) is 4.24. The van der Waals surface area contributed by atoms with Gasteiger partial charge in [0.1, 0.15) is 11.5 Å². The number of unbranched alkanes of at least 4 members (excludes halogenated alkanes) is 5. The number of ether oxygens (including phenoxy) is 2. The standard InChI is InChI=1S/C26H38O4/c1-4-7-8-9-10-11-17-22(21-16-12-14-19-24(21)27)26(29-5-2,30-6-3)23-18-13-15-20-25(23)28/h12-16,18-20,22,27-28H,4-11,17H2,1-3H3. The highest BCUT2D eigenvalue weighted by molar-refractivity contribution is 5.42. The van der Waals surface area contributed by atoms with E-state index >= 15 is 0 Å². The van der Waals surface area contributed by atoms with Crippen LogP contribution in [0.25, 0.3) is 0 Å². The smallest absolute Gasteiger partial charge is 0.205 e. The number of hydrogen-bond donors (Lipinski definition) is 2. The van der Waals surface area contributed by atoms with Crippen molar-refractivity contribution in [2.75, 3.05) is 13.2 Å². The Kier molecular flexibility index (Phi) is 10.2. The van der Waals surface area contributed by atoms with E-state index in [0.29, 0.717) is 18.8 Å². The Morgan fingerprint density at radius 2 is 1.30 bits per heavy atom. The number of hydrogen-bond acceptors (Lipinski definition) is 4. The molecular formula is C26H38O4. The lowest BCUT2D eigenvalue weighted by atomic mass is 9.81. The molecule has 30 heavy (non-hydrogen) atoms. The van der Waals surface area contributed by atoms with E-state index in [4.69, 9.17) is 9.47 Å². The van der Waals surface area contributed by atoms with Crippen LogP contribution in [-0.2, 0) is 15.3 Å². The van der Waals surface area contributed by atoms with E-state index in [0.717, 1.165) is 24.8 Å². The highest BCUT2D eigenvalue weighted by Gasteiger charge is 2.45. The molecule has 2 aromatic carbocycles. The average Bonchev–Trinajstić information content (AvgIpc) is 2.74. The van der Waals surface area contributed by atoms with Gasteiger partial charge in [-0.05, 0) is 38.5 Å². The van der Waals surface area contributed by atoms with Gasteiger partial charge in [0, 0.05) is 24.7 Å². The van der Waals surface area contributed by atoms with Gasteiger partial charge in [0.05, 0.1) is 5.56 Å². The van der Waals surface area contributed by atoms with E-state index in [9.17, 15) is 10.2 Å². The first kappa shape index (κ1) is 24.2. The summed E-state index contributed by atoms with van der Waals surface area (Å²) in [6.07, 6.45) is 7.86. The number of phenols is 2. The molecule has 0 spiro atoms. The van der Waals surface area contributed by atoms with E-state index in [1.165, 1.54) is 25.7 Å². The molecule has 1 unspecified atom stereocenters. The highest BCUT2D eigenvalue weighted by atomic mass is 16.7. The van der Waals surface area contributed by atoms with Crippen LogP contribution in [0.15, 0.2) is 48.5 Å². The van der Waals surface area contributed by atoms with E-state index in [-0.39, 0.29) is 17.4 Å². The van der Waals surface area contributed by atoms with E-state index in [1.54, 1.807) is 18.2 Å². The minimum Gasteiger partial charge on any atom is -0.508 e. The summed E-state index contributed by atoms with van der Waals surface area (Å²) in [6.45, 7) is 6.93. The maximum atomic E-state index is 10.7. The normalized spacial score (nSPS) is 12.8. The van der Waals surface area contributed by atoms with Crippen molar-refractivity contribution >= 4 is 0 Å². The zero-order chi connectivity index (χ0) is 21.8. The molecule has 0 aliphatic heterocycles. The molecule has 0 fully saturated rings. The topological polar surface area (TPSA) is 58.9 Å². The van der Waals surface area contributed by atoms with Gasteiger partial charge in [-0.15, -0.1) is 0 Å². The maximum absolute atomic E-state index is 10.7. The summed E-state index contributed by atoms with van der Waals surface area (Å²) in [5, 5.41) is 21.4. The van der Waals surface area contributed by atoms with Gasteiger partial charge in [0.2, 0.25) is 5.79 Å². The van der Waals surface area contributed by atoms with Crippen LogP contribution in [0.3, 0.4) is 0 Å². The van der Waals surface area contributed by atoms with Crippen LogP contribution in [0.5, 0.6) is 11.5 Å². The first-order chi connectivity index (χ1) is 14.6. The second kappa shape index (κ2) is 12.6. The van der Waals surface area contributed by atoms with E-state index in [1.807, 2.05) is 44.2 Å². The second-order valence-corrected chi connectivity index (χ2v) is 7.72. The van der Waals surface area contributed by atoms with Crippen molar-refractivity contribution in [1.29, 1.82) is 0 Å². The quantitative estimate of drug-likeness (QED) is 0.262. The predicted octanol–water partition coefficient (Wildman–Crippen LogP) is 6.86. The minimum absolute atomic E-state index is 0.141. The molecular weight excluding hydrogens is 376 g/mol. The van der Waals surface area contributed by atoms with Crippen LogP contribution >= 0.6 is 0 Å². The number of phenolic OH excluding ortho intramolecular Hbond substituents is 2. The minimum atomic E-state index is -1.17. The molecule has 4 heteroatoms. The molecule has 0 amide bonds. The fourth-order valence-electron chi connectivity index (χ4n) is 4.24. The van der Waals surface area contributed by atoms with Crippen LogP contribution in [0.4, 0.5) is 0 Å². The average molecular weight is 415 g/mol. The van der Waals surface area contributed by atoms with Gasteiger partial charge in [0.15, 0.2) is 0 Å². The van der Waals surface area contributed by atoms with Gasteiger partial charge in [-0.3, -0.25) is 0 Å². The van der Waals surface area contributed by atoms with Crippen molar-refractivity contribution in [2.45, 2.75) is 77.4 Å². The first-order valence-electron chi connectivity index (χ1n) is 11.4. The maximum Gasteiger partial charge on any atom is 0.205 e. The van der Waals surface area contributed by atoms with Gasteiger partial charge in [0.25, 0.3) is 0 Å². The first-order valence-corrected chi connectivity index (χ1v) is 11.4. The Labute approximate surface area is 181 Å². The fraction of sp³-hybridized carbons (Fsp3) is 0.538. The van der Waals surface area contributed by atoms with Crippen molar-refractivity contribution in [2.24, 2.45) is 0 Å². The molecule has 0 bridgehead atoms. The Balaban J connectivity index is 2.46. The lowest BCUT2D eigenvalue weighted by molar-refractivity contribution is -0.259. The number of rotatable bonds is 14. The summed E-state index contributed by atoms with van der Waals surface area (Å²) in [6, 6.07) is 14.6. The largest absolute Gasteiger partial charge is 0.508 e. The molecule has 4 nitrogen and oxygen atoms in total. The number of benzene rings is 2. The molecule has 0 aliphatic rings. The molecule has 2 aromatic rings. The zero-order valence-corrected chi connectivity index (χ0v) is 18.8. The third-order valence-corrected chi connectivity index (χ3v) is 5.61. The van der Waals surface area contributed by atoms with Crippen molar-refractivity contribution in [3.63, 3.8) is 0 Å². The Bertz CT molecular complexity index is 737. The molecule has 0 aliphatic carbocycles. The number of para-hydroxylation sites is 2. The summed E-state index contributed by atoms with van der Waals surface area (Å²) in [5.74, 6) is -1.05. The molecule has 166 valence electrons. The molecule has 2 rings (SSSR count). The van der Waals surface area contributed by atoms with Crippen LogP contribution in [0.2, 0.25) is 0 Å². The Hall–Kier alpha value is -2.04. The summed E-state index contributed by atoms with van der Waals surface area (Å²) in [7, 11) is 0.